The fourth-order valence-corrected chi connectivity index (χ4v) is 1.07. The Hall–Kier alpha value is -1.02. The summed E-state index contributed by atoms with van der Waals surface area (Å²) >= 11 is 5.73. The van der Waals surface area contributed by atoms with Crippen LogP contribution in [0.5, 0.6) is 5.75 Å². The highest BCUT2D eigenvalue weighted by atomic mass is 35.5. The highest BCUT2D eigenvalue weighted by Crippen LogP contribution is 2.22. The lowest BCUT2D eigenvalue weighted by molar-refractivity contribution is 0.412. The summed E-state index contributed by atoms with van der Waals surface area (Å²) in [7, 11) is 1.57. The molecule has 0 aliphatic heterocycles. The van der Waals surface area contributed by atoms with Crippen molar-refractivity contribution in [1.29, 1.82) is 0 Å². The molecule has 1 rings (SSSR count). The van der Waals surface area contributed by atoms with E-state index < -0.39 is 0 Å². The van der Waals surface area contributed by atoms with E-state index in [4.69, 9.17) is 16.3 Å². The van der Waals surface area contributed by atoms with Gasteiger partial charge in [-0.2, -0.15) is 0 Å². The van der Waals surface area contributed by atoms with Gasteiger partial charge >= 0.3 is 0 Å². The molecule has 2 nitrogen and oxygen atoms in total. The van der Waals surface area contributed by atoms with E-state index in [9.17, 15) is 0 Å². The quantitative estimate of drug-likeness (QED) is 0.531. The van der Waals surface area contributed by atoms with Gasteiger partial charge in [-0.3, -0.25) is 0 Å². The third kappa shape index (κ3) is 1.98. The molecule has 0 aliphatic carbocycles. The number of halogens is 1. The fourth-order valence-electron chi connectivity index (χ4n) is 0.890. The van der Waals surface area contributed by atoms with Crippen LogP contribution in [0.3, 0.4) is 0 Å². The van der Waals surface area contributed by atoms with Crippen LogP contribution in [0.25, 0.3) is 0 Å². The van der Waals surface area contributed by atoms with Gasteiger partial charge in [0.15, 0.2) is 10.9 Å². The molecule has 0 aromatic carbocycles. The lowest BCUT2D eigenvalue weighted by atomic mass is 10.2. The van der Waals surface area contributed by atoms with Crippen molar-refractivity contribution >= 4 is 11.6 Å². The molecule has 0 N–H and O–H groups in total. The van der Waals surface area contributed by atoms with Crippen LogP contribution in [0.2, 0.25) is 5.15 Å². The zero-order valence-electron chi connectivity index (χ0n) is 6.88. The Labute approximate surface area is 76.8 Å². The monoisotopic (exact) mass is 183 g/mol. The van der Waals surface area contributed by atoms with Crippen LogP contribution in [-0.2, 0) is 6.42 Å². The maximum Gasteiger partial charge on any atom is 0.171 e. The van der Waals surface area contributed by atoms with Crippen molar-refractivity contribution in [2.24, 2.45) is 0 Å². The van der Waals surface area contributed by atoms with Gasteiger partial charge in [0, 0.05) is 6.20 Å². The molecule has 0 saturated carbocycles. The van der Waals surface area contributed by atoms with Crippen molar-refractivity contribution in [2.75, 3.05) is 7.11 Å². The average molecular weight is 184 g/mol. The molecule has 0 bridgehead atoms. The van der Waals surface area contributed by atoms with E-state index in [1.54, 1.807) is 13.3 Å². The number of hydrogen-bond donors (Lipinski definition) is 0. The summed E-state index contributed by atoms with van der Waals surface area (Å²) in [5.41, 5.74) is 1.05. The van der Waals surface area contributed by atoms with Crippen LogP contribution >= 0.6 is 11.6 Å². The molecule has 1 heterocycles. The molecule has 0 atom stereocenters. The minimum Gasteiger partial charge on any atom is -0.494 e. The molecule has 1 aromatic heterocycles. The van der Waals surface area contributed by atoms with E-state index in [2.05, 4.69) is 11.6 Å². The van der Waals surface area contributed by atoms with Crippen molar-refractivity contribution in [1.82, 2.24) is 4.98 Å². The number of allylic oxidation sites excluding steroid dienone is 1. The van der Waals surface area contributed by atoms with Crippen LogP contribution in [0.4, 0.5) is 0 Å². The lowest BCUT2D eigenvalue weighted by Crippen LogP contribution is -1.90. The lowest BCUT2D eigenvalue weighted by Gasteiger charge is -2.03. The maximum atomic E-state index is 5.73. The van der Waals surface area contributed by atoms with Crippen LogP contribution < -0.4 is 4.74 Å². The van der Waals surface area contributed by atoms with E-state index in [-0.39, 0.29) is 0 Å². The molecule has 0 saturated heterocycles. The van der Waals surface area contributed by atoms with Crippen LogP contribution in [0.1, 0.15) is 5.56 Å². The summed E-state index contributed by atoms with van der Waals surface area (Å²) in [4.78, 5) is 3.96. The van der Waals surface area contributed by atoms with Gasteiger partial charge in [-0.1, -0.05) is 17.7 Å². The molecule has 0 amide bonds. The topological polar surface area (TPSA) is 22.1 Å². The maximum absolute atomic E-state index is 5.73. The Morgan fingerprint density at radius 2 is 2.50 bits per heavy atom. The first-order valence-corrected chi connectivity index (χ1v) is 3.95. The normalized spacial score (nSPS) is 9.50. The van der Waals surface area contributed by atoms with Gasteiger partial charge < -0.3 is 4.74 Å². The average Bonchev–Trinajstić information content (AvgIpc) is 2.09. The first-order valence-electron chi connectivity index (χ1n) is 3.57. The van der Waals surface area contributed by atoms with E-state index in [1.807, 2.05) is 12.1 Å². The zero-order valence-corrected chi connectivity index (χ0v) is 7.64. The smallest absolute Gasteiger partial charge is 0.171 e. The number of rotatable bonds is 3. The number of pyridine rings is 1. The summed E-state index contributed by atoms with van der Waals surface area (Å²) in [6, 6.07) is 1.86. The predicted molar refractivity (Wildman–Crippen MR) is 49.7 cm³/mol. The second-order valence-electron chi connectivity index (χ2n) is 2.33. The summed E-state index contributed by atoms with van der Waals surface area (Å²) in [5, 5.41) is 0.394. The summed E-state index contributed by atoms with van der Waals surface area (Å²) in [6.07, 6.45) is 4.30. The number of ether oxygens (including phenoxy) is 1. The molecule has 0 radical (unpaired) electrons. The van der Waals surface area contributed by atoms with Crippen molar-refractivity contribution in [3.63, 3.8) is 0 Å². The van der Waals surface area contributed by atoms with Gasteiger partial charge in [0.1, 0.15) is 0 Å². The van der Waals surface area contributed by atoms with Gasteiger partial charge in [0.2, 0.25) is 0 Å². The second-order valence-corrected chi connectivity index (χ2v) is 2.69. The van der Waals surface area contributed by atoms with Gasteiger partial charge in [-0.05, 0) is 18.1 Å². The van der Waals surface area contributed by atoms with Gasteiger partial charge in [0.25, 0.3) is 0 Å². The van der Waals surface area contributed by atoms with Gasteiger partial charge in [-0.15, -0.1) is 6.58 Å². The predicted octanol–water partition coefficient (Wildman–Crippen LogP) is 2.47. The number of methoxy groups -OCH3 is 1. The Balaban J connectivity index is 2.96. The highest BCUT2D eigenvalue weighted by Gasteiger charge is 2.01. The molecule has 0 aliphatic rings. The van der Waals surface area contributed by atoms with E-state index in [0.29, 0.717) is 10.9 Å². The highest BCUT2D eigenvalue weighted by molar-refractivity contribution is 6.30. The minimum absolute atomic E-state index is 0.394. The minimum atomic E-state index is 0.394. The number of aromatic nitrogens is 1. The van der Waals surface area contributed by atoms with E-state index in [0.717, 1.165) is 12.0 Å². The third-order valence-electron chi connectivity index (χ3n) is 1.46. The SMILES string of the molecule is C=CCc1cnc(Cl)c(OC)c1. The van der Waals surface area contributed by atoms with Crippen LogP contribution in [0.15, 0.2) is 24.9 Å². The van der Waals surface area contributed by atoms with Crippen molar-refractivity contribution in [2.45, 2.75) is 6.42 Å². The Kier molecular flexibility index (Phi) is 3.11. The Morgan fingerprint density at radius 3 is 3.08 bits per heavy atom. The number of nitrogens with zero attached hydrogens (tertiary/aromatic N) is 1. The van der Waals surface area contributed by atoms with Crippen molar-refractivity contribution < 1.29 is 4.74 Å². The molecule has 3 heteroatoms. The summed E-state index contributed by atoms with van der Waals surface area (Å²) in [6.45, 7) is 3.63. The largest absolute Gasteiger partial charge is 0.494 e. The van der Waals surface area contributed by atoms with Gasteiger partial charge in [-0.25, -0.2) is 4.98 Å². The fraction of sp³-hybridized carbons (Fsp3) is 0.222. The number of hydrogen-bond acceptors (Lipinski definition) is 2. The zero-order chi connectivity index (χ0) is 8.97. The molecule has 0 fully saturated rings. The Morgan fingerprint density at radius 1 is 1.75 bits per heavy atom. The molecular formula is C9H10ClNO. The second kappa shape index (κ2) is 4.12. The van der Waals surface area contributed by atoms with E-state index >= 15 is 0 Å². The molecule has 64 valence electrons. The molecule has 0 spiro atoms. The molecule has 1 aromatic rings. The Bertz CT molecular complexity index is 286. The van der Waals surface area contributed by atoms with Gasteiger partial charge in [0.05, 0.1) is 7.11 Å². The molecule has 0 unspecified atom stereocenters. The van der Waals surface area contributed by atoms with Crippen molar-refractivity contribution in [3.8, 4) is 5.75 Å². The van der Waals surface area contributed by atoms with E-state index in [1.165, 1.54) is 0 Å². The molecule has 12 heavy (non-hydrogen) atoms. The molecular weight excluding hydrogens is 174 g/mol. The van der Waals surface area contributed by atoms with Crippen LogP contribution in [0, 0.1) is 0 Å². The first-order chi connectivity index (χ1) is 5.77. The van der Waals surface area contributed by atoms with Crippen LogP contribution in [-0.4, -0.2) is 12.1 Å². The first kappa shape index (κ1) is 9.07. The van der Waals surface area contributed by atoms with Crippen molar-refractivity contribution in [3.05, 3.63) is 35.6 Å². The summed E-state index contributed by atoms with van der Waals surface area (Å²) < 4.78 is 5.00. The standard InChI is InChI=1S/C9H10ClNO/c1-3-4-7-5-8(12-2)9(10)11-6-7/h3,5-6H,1,4H2,2H3. The summed E-state index contributed by atoms with van der Waals surface area (Å²) in [5.74, 6) is 0.607. The third-order valence-corrected chi connectivity index (χ3v) is 1.75.